The molecule has 0 atom stereocenters. The van der Waals surface area contributed by atoms with E-state index in [2.05, 4.69) is 27.8 Å². The van der Waals surface area contributed by atoms with E-state index in [9.17, 15) is 0 Å². The number of aliphatic hydroxyl groups is 1. The molecule has 0 fully saturated rings. The molecule has 0 saturated heterocycles. The van der Waals surface area contributed by atoms with Crippen LogP contribution >= 0.6 is 15.9 Å². The van der Waals surface area contributed by atoms with Crippen molar-refractivity contribution >= 4 is 15.9 Å². The lowest BCUT2D eigenvalue weighted by molar-refractivity contribution is 0.285. The third-order valence-electron chi connectivity index (χ3n) is 1.81. The molecule has 0 amide bonds. The van der Waals surface area contributed by atoms with Crippen LogP contribution in [-0.2, 0) is 0 Å². The lowest BCUT2D eigenvalue weighted by atomic mass is 10.2. The first-order chi connectivity index (χ1) is 6.84. The summed E-state index contributed by atoms with van der Waals surface area (Å²) in [7, 11) is 0. The zero-order valence-corrected chi connectivity index (χ0v) is 9.55. The SMILES string of the molecule is OCCCCC#Cc1ccccc1Br. The van der Waals surface area contributed by atoms with Crippen molar-refractivity contribution in [3.8, 4) is 11.8 Å². The maximum Gasteiger partial charge on any atom is 0.0431 e. The summed E-state index contributed by atoms with van der Waals surface area (Å²) in [6.07, 6.45) is 2.65. The van der Waals surface area contributed by atoms with Gasteiger partial charge in [-0.15, -0.1) is 0 Å². The summed E-state index contributed by atoms with van der Waals surface area (Å²) in [5.74, 6) is 6.18. The number of rotatable bonds is 3. The summed E-state index contributed by atoms with van der Waals surface area (Å²) in [5, 5.41) is 8.57. The second kappa shape index (κ2) is 6.64. The van der Waals surface area contributed by atoms with Crippen molar-refractivity contribution in [1.29, 1.82) is 0 Å². The van der Waals surface area contributed by atoms with Crippen molar-refractivity contribution in [2.24, 2.45) is 0 Å². The van der Waals surface area contributed by atoms with Crippen molar-refractivity contribution in [3.63, 3.8) is 0 Å². The van der Waals surface area contributed by atoms with Crippen LogP contribution in [0.2, 0.25) is 0 Å². The van der Waals surface area contributed by atoms with Gasteiger partial charge in [-0.2, -0.15) is 0 Å². The molecule has 0 heterocycles. The molecule has 0 spiro atoms. The molecule has 1 N–H and O–H groups in total. The molecule has 74 valence electrons. The smallest absolute Gasteiger partial charge is 0.0431 e. The lowest BCUT2D eigenvalue weighted by Gasteiger charge is -1.93. The Kier molecular flexibility index (Phi) is 5.36. The maximum absolute atomic E-state index is 8.57. The van der Waals surface area contributed by atoms with E-state index in [1.165, 1.54) is 0 Å². The zero-order valence-electron chi connectivity index (χ0n) is 7.96. The summed E-state index contributed by atoms with van der Waals surface area (Å²) < 4.78 is 1.04. The van der Waals surface area contributed by atoms with E-state index in [1.807, 2.05) is 24.3 Å². The second-order valence-corrected chi connectivity index (χ2v) is 3.82. The number of hydrogen-bond acceptors (Lipinski definition) is 1. The first-order valence-electron chi connectivity index (χ1n) is 4.69. The third-order valence-corrected chi connectivity index (χ3v) is 2.50. The second-order valence-electron chi connectivity index (χ2n) is 2.96. The molecule has 2 heteroatoms. The van der Waals surface area contributed by atoms with Gasteiger partial charge in [0.15, 0.2) is 0 Å². The van der Waals surface area contributed by atoms with E-state index in [1.54, 1.807) is 0 Å². The molecular formula is C12H13BrO. The summed E-state index contributed by atoms with van der Waals surface area (Å²) in [5.41, 5.74) is 1.02. The van der Waals surface area contributed by atoms with E-state index in [0.29, 0.717) is 0 Å². The fraction of sp³-hybridized carbons (Fsp3) is 0.333. The van der Waals surface area contributed by atoms with Crippen LogP contribution in [0.5, 0.6) is 0 Å². The Bertz CT molecular complexity index is 336. The van der Waals surface area contributed by atoms with E-state index in [4.69, 9.17) is 5.11 Å². The van der Waals surface area contributed by atoms with Crippen LogP contribution in [0.25, 0.3) is 0 Å². The molecule has 0 aromatic heterocycles. The predicted octanol–water partition coefficient (Wildman–Crippen LogP) is 2.96. The summed E-state index contributed by atoms with van der Waals surface area (Å²) in [4.78, 5) is 0. The largest absolute Gasteiger partial charge is 0.396 e. The fourth-order valence-electron chi connectivity index (χ4n) is 1.05. The Labute approximate surface area is 93.3 Å². The molecule has 1 nitrogen and oxygen atoms in total. The van der Waals surface area contributed by atoms with Crippen LogP contribution in [0.15, 0.2) is 28.7 Å². The van der Waals surface area contributed by atoms with Crippen LogP contribution in [0, 0.1) is 11.8 Å². The van der Waals surface area contributed by atoms with Crippen molar-refractivity contribution in [2.45, 2.75) is 19.3 Å². The molecule has 14 heavy (non-hydrogen) atoms. The van der Waals surface area contributed by atoms with Gasteiger partial charge in [0.05, 0.1) is 0 Å². The Balaban J connectivity index is 2.47. The molecule has 1 aromatic carbocycles. The third kappa shape index (κ3) is 3.95. The lowest BCUT2D eigenvalue weighted by Crippen LogP contribution is -1.81. The van der Waals surface area contributed by atoms with Gasteiger partial charge in [0.25, 0.3) is 0 Å². The fourth-order valence-corrected chi connectivity index (χ4v) is 1.43. The number of unbranched alkanes of at least 4 members (excludes halogenated alkanes) is 2. The zero-order chi connectivity index (χ0) is 10.2. The summed E-state index contributed by atoms with van der Waals surface area (Å²) in [6.45, 7) is 0.261. The van der Waals surface area contributed by atoms with Crippen LogP contribution in [0.4, 0.5) is 0 Å². The highest BCUT2D eigenvalue weighted by Crippen LogP contribution is 2.14. The van der Waals surface area contributed by atoms with Crippen LogP contribution in [-0.4, -0.2) is 11.7 Å². The van der Waals surface area contributed by atoms with Gasteiger partial charge in [-0.05, 0) is 40.9 Å². The first-order valence-corrected chi connectivity index (χ1v) is 5.48. The molecule has 0 unspecified atom stereocenters. The summed E-state index contributed by atoms with van der Waals surface area (Å²) in [6, 6.07) is 7.92. The van der Waals surface area contributed by atoms with Gasteiger partial charge in [-0.3, -0.25) is 0 Å². The molecule has 0 aliphatic heterocycles. The van der Waals surface area contributed by atoms with E-state index < -0.39 is 0 Å². The highest BCUT2D eigenvalue weighted by molar-refractivity contribution is 9.10. The van der Waals surface area contributed by atoms with Gasteiger partial charge < -0.3 is 5.11 Å². The van der Waals surface area contributed by atoms with E-state index in [0.717, 1.165) is 29.3 Å². The minimum Gasteiger partial charge on any atom is -0.396 e. The normalized spacial score (nSPS) is 9.29. The monoisotopic (exact) mass is 252 g/mol. The van der Waals surface area contributed by atoms with Crippen LogP contribution < -0.4 is 0 Å². The van der Waals surface area contributed by atoms with Crippen molar-refractivity contribution < 1.29 is 5.11 Å². The quantitative estimate of drug-likeness (QED) is 0.648. The minimum atomic E-state index is 0.261. The van der Waals surface area contributed by atoms with Gasteiger partial charge in [-0.1, -0.05) is 24.0 Å². The number of hydrogen-bond donors (Lipinski definition) is 1. The average molecular weight is 253 g/mol. The molecule has 0 aliphatic rings. The molecule has 0 saturated carbocycles. The molecule has 0 bridgehead atoms. The standard InChI is InChI=1S/C12H13BrO/c13-12-9-5-4-8-11(12)7-3-1-2-6-10-14/h4-5,8-9,14H,1-2,6,10H2. The molecule has 1 rings (SSSR count). The molecule has 1 aromatic rings. The van der Waals surface area contributed by atoms with E-state index in [-0.39, 0.29) is 6.61 Å². The van der Waals surface area contributed by atoms with Gasteiger partial charge in [0.1, 0.15) is 0 Å². The predicted molar refractivity (Wildman–Crippen MR) is 62.0 cm³/mol. The average Bonchev–Trinajstić information content (AvgIpc) is 2.20. The van der Waals surface area contributed by atoms with Gasteiger partial charge in [0, 0.05) is 23.1 Å². The maximum atomic E-state index is 8.57. The Morgan fingerprint density at radius 3 is 2.71 bits per heavy atom. The molecule has 0 aliphatic carbocycles. The Morgan fingerprint density at radius 2 is 2.00 bits per heavy atom. The van der Waals surface area contributed by atoms with Crippen molar-refractivity contribution in [2.75, 3.05) is 6.61 Å². The number of halogens is 1. The van der Waals surface area contributed by atoms with Crippen molar-refractivity contribution in [1.82, 2.24) is 0 Å². The van der Waals surface area contributed by atoms with E-state index >= 15 is 0 Å². The number of aliphatic hydroxyl groups excluding tert-OH is 1. The van der Waals surface area contributed by atoms with Gasteiger partial charge in [-0.25, -0.2) is 0 Å². The van der Waals surface area contributed by atoms with Crippen LogP contribution in [0.3, 0.4) is 0 Å². The minimum absolute atomic E-state index is 0.261. The van der Waals surface area contributed by atoms with Gasteiger partial charge >= 0.3 is 0 Å². The molecular weight excluding hydrogens is 240 g/mol. The topological polar surface area (TPSA) is 20.2 Å². The Morgan fingerprint density at radius 1 is 1.21 bits per heavy atom. The van der Waals surface area contributed by atoms with Crippen LogP contribution in [0.1, 0.15) is 24.8 Å². The summed E-state index contributed by atoms with van der Waals surface area (Å²) >= 11 is 3.44. The highest BCUT2D eigenvalue weighted by atomic mass is 79.9. The number of benzene rings is 1. The first kappa shape index (κ1) is 11.3. The van der Waals surface area contributed by atoms with Gasteiger partial charge in [0.2, 0.25) is 0 Å². The molecule has 0 radical (unpaired) electrons. The van der Waals surface area contributed by atoms with Crippen molar-refractivity contribution in [3.05, 3.63) is 34.3 Å². The highest BCUT2D eigenvalue weighted by Gasteiger charge is 1.91. The Hall–Kier alpha value is -0.780.